The minimum absolute atomic E-state index is 0.152. The van der Waals surface area contributed by atoms with Crippen molar-refractivity contribution in [2.45, 2.75) is 19.6 Å². The lowest BCUT2D eigenvalue weighted by Gasteiger charge is -2.09. The number of hydrogen-bond acceptors (Lipinski definition) is 5. The van der Waals surface area contributed by atoms with Crippen LogP contribution in [-0.4, -0.2) is 38.2 Å². The number of amides is 1. The number of para-hydroxylation sites is 1. The van der Waals surface area contributed by atoms with Gasteiger partial charge in [-0.25, -0.2) is 9.48 Å². The van der Waals surface area contributed by atoms with Crippen LogP contribution in [-0.2, 0) is 11.3 Å². The molecule has 0 bridgehead atoms. The van der Waals surface area contributed by atoms with Crippen molar-refractivity contribution in [3.8, 4) is 16.9 Å². The predicted octanol–water partition coefficient (Wildman–Crippen LogP) is 4.59. The number of carboxylic acid groups (broad SMARTS) is 1. The fourth-order valence-corrected chi connectivity index (χ4v) is 3.05. The van der Waals surface area contributed by atoms with Crippen LogP contribution in [0.1, 0.15) is 21.5 Å². The molecule has 0 spiro atoms. The molecule has 0 aliphatic heterocycles. The van der Waals surface area contributed by atoms with E-state index < -0.39 is 12.1 Å². The Morgan fingerprint density at radius 3 is 2.25 bits per heavy atom. The standard InChI is InChI=1S/C23H21N5O.C2HF3O2/c1-16-7-10-18(13-21(16)23(29)25-19-5-3-2-4-6-19)22-15-28(27-26-22)20-11-8-17(14-24)9-12-20;3-2(4,5)1(6)7/h2-13,15H,14,24H2,1H3,(H,25,29);(H,6,7). The molecule has 1 amide bonds. The van der Waals surface area contributed by atoms with E-state index >= 15 is 0 Å². The van der Waals surface area contributed by atoms with Crippen LogP contribution in [0.5, 0.6) is 0 Å². The smallest absolute Gasteiger partial charge is 0.475 e. The normalized spacial score (nSPS) is 10.8. The summed E-state index contributed by atoms with van der Waals surface area (Å²) in [6.45, 7) is 2.42. The van der Waals surface area contributed by atoms with E-state index in [9.17, 15) is 18.0 Å². The van der Waals surface area contributed by atoms with Crippen molar-refractivity contribution in [2.24, 2.45) is 5.73 Å². The summed E-state index contributed by atoms with van der Waals surface area (Å²) in [5.41, 5.74) is 11.4. The topological polar surface area (TPSA) is 123 Å². The number of benzene rings is 3. The second-order valence-corrected chi connectivity index (χ2v) is 7.57. The largest absolute Gasteiger partial charge is 0.490 e. The molecule has 0 aliphatic carbocycles. The van der Waals surface area contributed by atoms with Crippen LogP contribution >= 0.6 is 0 Å². The number of nitrogens with one attached hydrogen (secondary N) is 1. The third kappa shape index (κ3) is 6.76. The number of anilines is 1. The zero-order valence-electron chi connectivity index (χ0n) is 19.0. The van der Waals surface area contributed by atoms with Gasteiger partial charge in [0.15, 0.2) is 0 Å². The van der Waals surface area contributed by atoms with Gasteiger partial charge in [-0.15, -0.1) is 5.10 Å². The van der Waals surface area contributed by atoms with Crippen molar-refractivity contribution in [1.82, 2.24) is 15.0 Å². The molecule has 0 fully saturated rings. The van der Waals surface area contributed by atoms with E-state index in [4.69, 9.17) is 15.6 Å². The summed E-state index contributed by atoms with van der Waals surface area (Å²) in [6, 6.07) is 23.0. The van der Waals surface area contributed by atoms with Gasteiger partial charge >= 0.3 is 12.1 Å². The maximum absolute atomic E-state index is 12.7. The lowest BCUT2D eigenvalue weighted by atomic mass is 10.0. The molecule has 1 aromatic heterocycles. The number of carbonyl (C=O) groups excluding carboxylic acids is 1. The van der Waals surface area contributed by atoms with Gasteiger partial charge < -0.3 is 16.2 Å². The molecule has 0 aliphatic rings. The number of aliphatic carboxylic acids is 1. The van der Waals surface area contributed by atoms with E-state index in [1.54, 1.807) is 4.68 Å². The molecule has 4 rings (SSSR count). The molecule has 186 valence electrons. The third-order valence-corrected chi connectivity index (χ3v) is 4.98. The fraction of sp³-hybridized carbons (Fsp3) is 0.120. The third-order valence-electron chi connectivity index (χ3n) is 4.98. The van der Waals surface area contributed by atoms with Crippen molar-refractivity contribution in [3.05, 3.63) is 95.7 Å². The molecule has 8 nitrogen and oxygen atoms in total. The summed E-state index contributed by atoms with van der Waals surface area (Å²) in [4.78, 5) is 21.6. The SMILES string of the molecule is Cc1ccc(-c2cn(-c3ccc(CN)cc3)nn2)cc1C(=O)Nc1ccccc1.O=C(O)C(F)(F)F. The lowest BCUT2D eigenvalue weighted by Crippen LogP contribution is -2.21. The van der Waals surface area contributed by atoms with E-state index in [-0.39, 0.29) is 5.91 Å². The van der Waals surface area contributed by atoms with Gasteiger partial charge in [0.05, 0.1) is 11.9 Å². The molecule has 1 heterocycles. The maximum atomic E-state index is 12.7. The molecule has 0 atom stereocenters. The van der Waals surface area contributed by atoms with Gasteiger partial charge in [0.25, 0.3) is 5.91 Å². The van der Waals surface area contributed by atoms with Crippen molar-refractivity contribution in [1.29, 1.82) is 0 Å². The zero-order valence-corrected chi connectivity index (χ0v) is 19.0. The Labute approximate surface area is 204 Å². The number of hydrogen-bond donors (Lipinski definition) is 3. The van der Waals surface area contributed by atoms with Gasteiger partial charge in [0.1, 0.15) is 5.69 Å². The molecular weight excluding hydrogens is 475 g/mol. The van der Waals surface area contributed by atoms with E-state index in [2.05, 4.69) is 15.6 Å². The van der Waals surface area contributed by atoms with Crippen LogP contribution in [0.4, 0.5) is 18.9 Å². The molecular formula is C25H22F3N5O3. The average Bonchev–Trinajstić information content (AvgIpc) is 3.35. The van der Waals surface area contributed by atoms with E-state index in [0.717, 1.165) is 28.1 Å². The van der Waals surface area contributed by atoms with Crippen molar-refractivity contribution < 1.29 is 27.9 Å². The van der Waals surface area contributed by atoms with Crippen LogP contribution in [0.25, 0.3) is 16.9 Å². The first-order valence-electron chi connectivity index (χ1n) is 10.6. The molecule has 11 heteroatoms. The summed E-state index contributed by atoms with van der Waals surface area (Å²) >= 11 is 0. The highest BCUT2D eigenvalue weighted by Gasteiger charge is 2.38. The molecule has 3 aromatic carbocycles. The second kappa shape index (κ2) is 11.3. The number of carbonyl (C=O) groups is 2. The van der Waals surface area contributed by atoms with Crippen LogP contribution in [0.2, 0.25) is 0 Å². The minimum atomic E-state index is -5.08. The summed E-state index contributed by atoms with van der Waals surface area (Å²) in [7, 11) is 0. The highest BCUT2D eigenvalue weighted by atomic mass is 19.4. The monoisotopic (exact) mass is 497 g/mol. The molecule has 4 aromatic rings. The molecule has 0 saturated heterocycles. The van der Waals surface area contributed by atoms with Gasteiger partial charge in [-0.1, -0.05) is 47.7 Å². The number of alkyl halides is 3. The van der Waals surface area contributed by atoms with Crippen LogP contribution in [0, 0.1) is 6.92 Å². The van der Waals surface area contributed by atoms with Gasteiger partial charge in [0, 0.05) is 23.4 Å². The number of carboxylic acids is 1. The molecule has 36 heavy (non-hydrogen) atoms. The van der Waals surface area contributed by atoms with E-state index in [1.165, 1.54) is 0 Å². The Morgan fingerprint density at radius 2 is 1.67 bits per heavy atom. The van der Waals surface area contributed by atoms with E-state index in [1.807, 2.05) is 85.9 Å². The Bertz CT molecular complexity index is 1340. The summed E-state index contributed by atoms with van der Waals surface area (Å²) in [5.74, 6) is -2.91. The molecule has 4 N–H and O–H groups in total. The first kappa shape index (κ1) is 26.1. The van der Waals surface area contributed by atoms with Crippen LogP contribution in [0.3, 0.4) is 0 Å². The summed E-state index contributed by atoms with van der Waals surface area (Å²) in [6.07, 6.45) is -3.24. The number of nitrogens with zero attached hydrogens (tertiary/aromatic N) is 3. The molecule has 0 unspecified atom stereocenters. The van der Waals surface area contributed by atoms with Crippen molar-refractivity contribution in [3.63, 3.8) is 0 Å². The number of aryl methyl sites for hydroxylation is 1. The van der Waals surface area contributed by atoms with E-state index in [0.29, 0.717) is 17.8 Å². The van der Waals surface area contributed by atoms with Gasteiger partial charge in [-0.3, -0.25) is 4.79 Å². The Kier molecular flexibility index (Phi) is 8.18. The highest BCUT2D eigenvalue weighted by molar-refractivity contribution is 6.05. The first-order chi connectivity index (χ1) is 17.1. The van der Waals surface area contributed by atoms with Crippen LogP contribution < -0.4 is 11.1 Å². The lowest BCUT2D eigenvalue weighted by molar-refractivity contribution is -0.192. The van der Waals surface area contributed by atoms with Gasteiger partial charge in [-0.05, 0) is 48.4 Å². The Morgan fingerprint density at radius 1 is 1.03 bits per heavy atom. The average molecular weight is 497 g/mol. The predicted molar refractivity (Wildman–Crippen MR) is 128 cm³/mol. The molecule has 0 radical (unpaired) electrons. The maximum Gasteiger partial charge on any atom is 0.490 e. The quantitative estimate of drug-likeness (QED) is 0.371. The number of nitrogens with two attached hydrogens (primary N) is 1. The second-order valence-electron chi connectivity index (χ2n) is 7.57. The Hall–Kier alpha value is -4.51. The highest BCUT2D eigenvalue weighted by Crippen LogP contribution is 2.22. The zero-order chi connectivity index (χ0) is 26.3. The number of aromatic nitrogens is 3. The summed E-state index contributed by atoms with van der Waals surface area (Å²) in [5, 5.41) is 18.5. The minimum Gasteiger partial charge on any atom is -0.475 e. The van der Waals surface area contributed by atoms with Gasteiger partial charge in [-0.2, -0.15) is 13.2 Å². The van der Waals surface area contributed by atoms with Crippen molar-refractivity contribution in [2.75, 3.05) is 5.32 Å². The first-order valence-corrected chi connectivity index (χ1v) is 10.6. The van der Waals surface area contributed by atoms with Crippen LogP contribution in [0.15, 0.2) is 79.0 Å². The summed E-state index contributed by atoms with van der Waals surface area (Å²) < 4.78 is 33.4. The molecule has 0 saturated carbocycles. The number of halogens is 3. The van der Waals surface area contributed by atoms with Gasteiger partial charge in [0.2, 0.25) is 0 Å². The Balaban J connectivity index is 0.000000454. The van der Waals surface area contributed by atoms with Crippen molar-refractivity contribution >= 4 is 17.6 Å². The fourth-order valence-electron chi connectivity index (χ4n) is 3.05. The number of rotatable bonds is 5.